The molecule has 0 N–H and O–H groups in total. The summed E-state index contributed by atoms with van der Waals surface area (Å²) in [4.78, 5) is 2.57. The third-order valence-electron chi connectivity index (χ3n) is 3.15. The van der Waals surface area contributed by atoms with E-state index in [0.29, 0.717) is 6.04 Å². The maximum atomic E-state index is 5.97. The van der Waals surface area contributed by atoms with Gasteiger partial charge in [0.25, 0.3) is 0 Å². The smallest absolute Gasteiger partial charge is 0.0382 e. The van der Waals surface area contributed by atoms with Gasteiger partial charge in [-0.25, -0.2) is 0 Å². The monoisotopic (exact) mass is 203 g/mol. The summed E-state index contributed by atoms with van der Waals surface area (Å²) >= 11 is 5.97. The fourth-order valence-corrected chi connectivity index (χ4v) is 2.54. The summed E-state index contributed by atoms with van der Waals surface area (Å²) in [6, 6.07) is 0.639. The van der Waals surface area contributed by atoms with Gasteiger partial charge in [-0.15, -0.1) is 11.6 Å². The highest BCUT2D eigenvalue weighted by Gasteiger charge is 2.29. The quantitative estimate of drug-likeness (QED) is 0.636. The Morgan fingerprint density at radius 3 is 2.69 bits per heavy atom. The third kappa shape index (κ3) is 3.14. The van der Waals surface area contributed by atoms with Gasteiger partial charge in [0.2, 0.25) is 0 Å². The van der Waals surface area contributed by atoms with Gasteiger partial charge in [-0.3, -0.25) is 4.90 Å². The van der Waals surface area contributed by atoms with Crippen molar-refractivity contribution in [1.82, 2.24) is 4.90 Å². The molecule has 78 valence electrons. The molecule has 2 unspecified atom stereocenters. The van der Waals surface area contributed by atoms with Crippen molar-refractivity contribution < 1.29 is 0 Å². The lowest BCUT2D eigenvalue weighted by Gasteiger charge is -2.25. The molecule has 1 heterocycles. The van der Waals surface area contributed by atoms with Crippen molar-refractivity contribution in [2.24, 2.45) is 11.8 Å². The molecule has 1 fully saturated rings. The highest BCUT2D eigenvalue weighted by molar-refractivity contribution is 6.18. The molecule has 1 aliphatic rings. The SMILES string of the molecule is CC(C)CCN1CCC(C)C1CCl. The van der Waals surface area contributed by atoms with Gasteiger partial charge in [-0.2, -0.15) is 0 Å². The van der Waals surface area contributed by atoms with Crippen LogP contribution in [0.15, 0.2) is 0 Å². The first-order valence-electron chi connectivity index (χ1n) is 5.45. The number of hydrogen-bond donors (Lipinski definition) is 0. The number of nitrogens with zero attached hydrogens (tertiary/aromatic N) is 1. The Kier molecular flexibility index (Phi) is 4.54. The summed E-state index contributed by atoms with van der Waals surface area (Å²) in [5.74, 6) is 2.41. The van der Waals surface area contributed by atoms with Crippen molar-refractivity contribution in [3.05, 3.63) is 0 Å². The van der Waals surface area contributed by atoms with Gasteiger partial charge >= 0.3 is 0 Å². The predicted molar refractivity (Wildman–Crippen MR) is 59.3 cm³/mol. The van der Waals surface area contributed by atoms with Crippen LogP contribution in [-0.4, -0.2) is 29.9 Å². The molecule has 0 spiro atoms. The van der Waals surface area contributed by atoms with Crippen LogP contribution < -0.4 is 0 Å². The van der Waals surface area contributed by atoms with Crippen LogP contribution in [0.3, 0.4) is 0 Å². The molecule has 0 aromatic carbocycles. The maximum Gasteiger partial charge on any atom is 0.0382 e. The first kappa shape index (κ1) is 11.3. The van der Waals surface area contributed by atoms with Crippen LogP contribution in [0.25, 0.3) is 0 Å². The van der Waals surface area contributed by atoms with Crippen molar-refractivity contribution in [3.63, 3.8) is 0 Å². The lowest BCUT2D eigenvalue weighted by Crippen LogP contribution is -2.34. The lowest BCUT2D eigenvalue weighted by molar-refractivity contribution is 0.236. The standard InChI is InChI=1S/C11H22ClN/c1-9(2)4-6-13-7-5-10(3)11(13)8-12/h9-11H,4-8H2,1-3H3. The van der Waals surface area contributed by atoms with E-state index in [-0.39, 0.29) is 0 Å². The van der Waals surface area contributed by atoms with Crippen molar-refractivity contribution in [1.29, 1.82) is 0 Å². The second-order valence-electron chi connectivity index (χ2n) is 4.71. The summed E-state index contributed by atoms with van der Waals surface area (Å²) in [6.45, 7) is 9.39. The minimum absolute atomic E-state index is 0.639. The lowest BCUT2D eigenvalue weighted by atomic mass is 10.0. The highest BCUT2D eigenvalue weighted by atomic mass is 35.5. The predicted octanol–water partition coefficient (Wildman–Crippen LogP) is 2.98. The maximum absolute atomic E-state index is 5.97. The summed E-state index contributed by atoms with van der Waals surface area (Å²) in [5, 5.41) is 0. The van der Waals surface area contributed by atoms with Crippen LogP contribution in [0.2, 0.25) is 0 Å². The van der Waals surface area contributed by atoms with E-state index >= 15 is 0 Å². The third-order valence-corrected chi connectivity index (χ3v) is 3.47. The fourth-order valence-electron chi connectivity index (χ4n) is 2.04. The molecule has 0 aliphatic carbocycles. The minimum Gasteiger partial charge on any atom is -0.299 e. The molecule has 1 nitrogen and oxygen atoms in total. The average molecular weight is 204 g/mol. The van der Waals surface area contributed by atoms with Crippen molar-refractivity contribution in [2.75, 3.05) is 19.0 Å². The van der Waals surface area contributed by atoms with Crippen LogP contribution >= 0.6 is 11.6 Å². The molecular weight excluding hydrogens is 182 g/mol. The molecule has 0 aromatic rings. The molecule has 0 amide bonds. The first-order chi connectivity index (χ1) is 6.15. The van der Waals surface area contributed by atoms with Crippen LogP contribution in [0.1, 0.15) is 33.6 Å². The molecule has 13 heavy (non-hydrogen) atoms. The number of likely N-dealkylation sites (tertiary alicyclic amines) is 1. The van der Waals surface area contributed by atoms with Gasteiger partial charge < -0.3 is 0 Å². The summed E-state index contributed by atoms with van der Waals surface area (Å²) in [5.41, 5.74) is 0. The zero-order valence-electron chi connectivity index (χ0n) is 9.09. The van der Waals surface area contributed by atoms with E-state index < -0.39 is 0 Å². The second-order valence-corrected chi connectivity index (χ2v) is 5.01. The van der Waals surface area contributed by atoms with E-state index in [2.05, 4.69) is 25.7 Å². The average Bonchev–Trinajstić information content (AvgIpc) is 2.42. The van der Waals surface area contributed by atoms with Gasteiger partial charge in [0.15, 0.2) is 0 Å². The van der Waals surface area contributed by atoms with Gasteiger partial charge in [0, 0.05) is 11.9 Å². The molecule has 0 saturated carbocycles. The number of hydrogen-bond acceptors (Lipinski definition) is 1. The molecule has 0 aromatic heterocycles. The Bertz CT molecular complexity index is 147. The summed E-state index contributed by atoms with van der Waals surface area (Å²) in [7, 11) is 0. The van der Waals surface area contributed by atoms with Crippen LogP contribution in [0.5, 0.6) is 0 Å². The van der Waals surface area contributed by atoms with Gasteiger partial charge in [0.05, 0.1) is 0 Å². The van der Waals surface area contributed by atoms with Crippen molar-refractivity contribution >= 4 is 11.6 Å². The number of halogens is 1. The number of rotatable bonds is 4. The van der Waals surface area contributed by atoms with E-state index in [1.54, 1.807) is 0 Å². The van der Waals surface area contributed by atoms with Crippen LogP contribution in [-0.2, 0) is 0 Å². The fraction of sp³-hybridized carbons (Fsp3) is 1.00. The Morgan fingerprint density at radius 2 is 2.15 bits per heavy atom. The van der Waals surface area contributed by atoms with Gasteiger partial charge in [-0.05, 0) is 37.8 Å². The summed E-state index contributed by atoms with van der Waals surface area (Å²) < 4.78 is 0. The molecule has 2 heteroatoms. The Morgan fingerprint density at radius 1 is 1.46 bits per heavy atom. The van der Waals surface area contributed by atoms with Gasteiger partial charge in [0.1, 0.15) is 0 Å². The molecule has 1 aliphatic heterocycles. The van der Waals surface area contributed by atoms with Crippen LogP contribution in [0, 0.1) is 11.8 Å². The normalized spacial score (nSPS) is 30.2. The topological polar surface area (TPSA) is 3.24 Å². The van der Waals surface area contributed by atoms with Crippen molar-refractivity contribution in [2.45, 2.75) is 39.7 Å². The van der Waals surface area contributed by atoms with Crippen molar-refractivity contribution in [3.8, 4) is 0 Å². The Labute approximate surface area is 87.4 Å². The summed E-state index contributed by atoms with van der Waals surface area (Å²) in [6.07, 6.45) is 2.63. The van der Waals surface area contributed by atoms with E-state index in [1.807, 2.05) is 0 Å². The van der Waals surface area contributed by atoms with E-state index in [9.17, 15) is 0 Å². The van der Waals surface area contributed by atoms with Crippen LogP contribution in [0.4, 0.5) is 0 Å². The molecule has 1 rings (SSSR count). The van der Waals surface area contributed by atoms with Gasteiger partial charge in [-0.1, -0.05) is 20.8 Å². The Balaban J connectivity index is 2.32. The molecule has 2 atom stereocenters. The molecular formula is C11H22ClN. The highest BCUT2D eigenvalue weighted by Crippen LogP contribution is 2.25. The molecule has 0 radical (unpaired) electrons. The zero-order chi connectivity index (χ0) is 9.84. The zero-order valence-corrected chi connectivity index (χ0v) is 9.85. The molecule has 1 saturated heterocycles. The van der Waals surface area contributed by atoms with E-state index in [0.717, 1.165) is 17.7 Å². The minimum atomic E-state index is 0.639. The van der Waals surface area contributed by atoms with E-state index in [1.165, 1.54) is 25.9 Å². The molecule has 0 bridgehead atoms. The number of alkyl halides is 1. The van der Waals surface area contributed by atoms with E-state index in [4.69, 9.17) is 11.6 Å². The second kappa shape index (κ2) is 5.21. The Hall–Kier alpha value is 0.250. The largest absolute Gasteiger partial charge is 0.299 e. The first-order valence-corrected chi connectivity index (χ1v) is 5.98.